The SMILES string of the molecule is CCN(C)C(=O)CCc1nc2cc(S(=O)(=O)N(C)C)ccc2n1C. The molecule has 0 N–H and O–H groups in total. The van der Waals surface area contributed by atoms with Crippen molar-refractivity contribution in [2.24, 2.45) is 7.05 Å². The number of amides is 1. The molecule has 1 aromatic carbocycles. The summed E-state index contributed by atoms with van der Waals surface area (Å²) in [5.41, 5.74) is 1.46. The Morgan fingerprint density at radius 3 is 2.50 bits per heavy atom. The van der Waals surface area contributed by atoms with Crippen molar-refractivity contribution < 1.29 is 13.2 Å². The summed E-state index contributed by atoms with van der Waals surface area (Å²) >= 11 is 0. The number of hydrogen-bond acceptors (Lipinski definition) is 4. The van der Waals surface area contributed by atoms with Gasteiger partial charge in [-0.3, -0.25) is 4.79 Å². The summed E-state index contributed by atoms with van der Waals surface area (Å²) in [6.45, 7) is 2.60. The maximum absolute atomic E-state index is 12.2. The molecule has 132 valence electrons. The van der Waals surface area contributed by atoms with Gasteiger partial charge < -0.3 is 9.47 Å². The van der Waals surface area contributed by atoms with Crippen LogP contribution in [0.25, 0.3) is 11.0 Å². The number of benzene rings is 1. The van der Waals surface area contributed by atoms with Gasteiger partial charge in [0.1, 0.15) is 5.82 Å². The molecule has 8 heteroatoms. The van der Waals surface area contributed by atoms with E-state index in [1.54, 1.807) is 30.1 Å². The smallest absolute Gasteiger partial charge is 0.242 e. The summed E-state index contributed by atoms with van der Waals surface area (Å²) in [4.78, 5) is 18.3. The quantitative estimate of drug-likeness (QED) is 0.784. The van der Waals surface area contributed by atoms with E-state index in [0.29, 0.717) is 24.9 Å². The summed E-state index contributed by atoms with van der Waals surface area (Å²) in [6, 6.07) is 4.91. The van der Waals surface area contributed by atoms with Crippen molar-refractivity contribution in [3.8, 4) is 0 Å². The summed E-state index contributed by atoms with van der Waals surface area (Å²) in [6.07, 6.45) is 0.897. The summed E-state index contributed by atoms with van der Waals surface area (Å²) in [5.74, 6) is 0.836. The van der Waals surface area contributed by atoms with Gasteiger partial charge in [0, 0.05) is 47.6 Å². The van der Waals surface area contributed by atoms with Gasteiger partial charge in [0.15, 0.2) is 0 Å². The molecule has 1 amide bonds. The number of hydrogen-bond donors (Lipinski definition) is 0. The van der Waals surface area contributed by atoms with Crippen LogP contribution in [0.3, 0.4) is 0 Å². The lowest BCUT2D eigenvalue weighted by Crippen LogP contribution is -2.26. The van der Waals surface area contributed by atoms with Crippen LogP contribution in [0.2, 0.25) is 0 Å². The average molecular weight is 352 g/mol. The van der Waals surface area contributed by atoms with Crippen LogP contribution in [-0.2, 0) is 28.3 Å². The van der Waals surface area contributed by atoms with Crippen LogP contribution in [-0.4, -0.2) is 60.8 Å². The largest absolute Gasteiger partial charge is 0.346 e. The first-order valence-electron chi connectivity index (χ1n) is 7.80. The molecule has 0 spiro atoms. The zero-order valence-electron chi connectivity index (χ0n) is 14.8. The number of aryl methyl sites for hydroxylation is 2. The molecule has 0 saturated carbocycles. The Balaban J connectivity index is 2.32. The number of imidazole rings is 1. The molecule has 0 radical (unpaired) electrons. The van der Waals surface area contributed by atoms with E-state index in [1.165, 1.54) is 18.4 Å². The maximum Gasteiger partial charge on any atom is 0.242 e. The van der Waals surface area contributed by atoms with E-state index >= 15 is 0 Å². The standard InChI is InChI=1S/C16H24N4O3S/c1-6-19(4)16(21)10-9-15-17-13-11-12(24(22,23)18(2)3)7-8-14(13)20(15)5/h7-8,11H,6,9-10H2,1-5H3. The van der Waals surface area contributed by atoms with E-state index in [1.807, 2.05) is 18.5 Å². The Kier molecular flexibility index (Phi) is 5.29. The first-order chi connectivity index (χ1) is 11.2. The minimum atomic E-state index is -3.49. The van der Waals surface area contributed by atoms with E-state index in [0.717, 1.165) is 11.3 Å². The van der Waals surface area contributed by atoms with Crippen LogP contribution >= 0.6 is 0 Å². The fourth-order valence-corrected chi connectivity index (χ4v) is 3.33. The van der Waals surface area contributed by atoms with Gasteiger partial charge in [-0.2, -0.15) is 0 Å². The normalized spacial score (nSPS) is 12.1. The first-order valence-corrected chi connectivity index (χ1v) is 9.24. The Bertz CT molecular complexity index is 856. The molecule has 0 saturated heterocycles. The molecular weight excluding hydrogens is 328 g/mol. The zero-order chi connectivity index (χ0) is 18.1. The van der Waals surface area contributed by atoms with Gasteiger partial charge >= 0.3 is 0 Å². The Hall–Kier alpha value is -1.93. The molecular formula is C16H24N4O3S. The number of aromatic nitrogens is 2. The highest BCUT2D eigenvalue weighted by atomic mass is 32.2. The second-order valence-corrected chi connectivity index (χ2v) is 8.08. The molecule has 0 fully saturated rings. The predicted octanol–water partition coefficient (Wildman–Crippen LogP) is 1.23. The molecule has 2 aromatic rings. The number of nitrogens with zero attached hydrogens (tertiary/aromatic N) is 4. The topological polar surface area (TPSA) is 75.5 Å². The highest BCUT2D eigenvalue weighted by Gasteiger charge is 2.19. The molecule has 0 atom stereocenters. The third kappa shape index (κ3) is 3.44. The Labute approximate surface area is 142 Å². The van der Waals surface area contributed by atoms with Gasteiger partial charge in [0.05, 0.1) is 15.9 Å². The van der Waals surface area contributed by atoms with Gasteiger partial charge in [0.2, 0.25) is 15.9 Å². The van der Waals surface area contributed by atoms with Crippen LogP contribution in [0, 0.1) is 0 Å². The summed E-state index contributed by atoms with van der Waals surface area (Å²) in [5, 5.41) is 0. The minimum Gasteiger partial charge on any atom is -0.346 e. The number of sulfonamides is 1. The third-order valence-corrected chi connectivity index (χ3v) is 6.00. The molecule has 0 aliphatic carbocycles. The van der Waals surface area contributed by atoms with E-state index in [-0.39, 0.29) is 10.8 Å². The molecule has 0 aliphatic rings. The van der Waals surface area contributed by atoms with Crippen molar-refractivity contribution in [1.29, 1.82) is 0 Å². The van der Waals surface area contributed by atoms with Crippen molar-refractivity contribution >= 4 is 27.0 Å². The highest BCUT2D eigenvalue weighted by Crippen LogP contribution is 2.21. The molecule has 0 aliphatic heterocycles. The number of carbonyl (C=O) groups excluding carboxylic acids is 1. The monoisotopic (exact) mass is 352 g/mol. The molecule has 7 nitrogen and oxygen atoms in total. The van der Waals surface area contributed by atoms with E-state index < -0.39 is 10.0 Å². The fraction of sp³-hybridized carbons (Fsp3) is 0.500. The van der Waals surface area contributed by atoms with Gasteiger partial charge in [-0.25, -0.2) is 17.7 Å². The van der Waals surface area contributed by atoms with Crippen LogP contribution in [0.15, 0.2) is 23.1 Å². The van der Waals surface area contributed by atoms with Crippen molar-refractivity contribution in [3.63, 3.8) is 0 Å². The second kappa shape index (κ2) is 6.90. The molecule has 0 bridgehead atoms. The zero-order valence-corrected chi connectivity index (χ0v) is 15.6. The van der Waals surface area contributed by atoms with Gasteiger partial charge in [-0.1, -0.05) is 0 Å². The third-order valence-electron chi connectivity index (χ3n) is 4.19. The van der Waals surface area contributed by atoms with E-state index in [4.69, 9.17) is 0 Å². The number of carbonyl (C=O) groups is 1. The van der Waals surface area contributed by atoms with E-state index in [2.05, 4.69) is 4.98 Å². The predicted molar refractivity (Wildman–Crippen MR) is 93.2 cm³/mol. The van der Waals surface area contributed by atoms with Crippen molar-refractivity contribution in [3.05, 3.63) is 24.0 Å². The van der Waals surface area contributed by atoms with Gasteiger partial charge in [-0.15, -0.1) is 0 Å². The van der Waals surface area contributed by atoms with E-state index in [9.17, 15) is 13.2 Å². The molecule has 0 unspecified atom stereocenters. The number of rotatable bonds is 6. The van der Waals surface area contributed by atoms with Crippen LogP contribution in [0.5, 0.6) is 0 Å². The molecule has 24 heavy (non-hydrogen) atoms. The lowest BCUT2D eigenvalue weighted by molar-refractivity contribution is -0.129. The molecule has 2 rings (SSSR count). The molecule has 1 heterocycles. The number of fused-ring (bicyclic) bond motifs is 1. The van der Waals surface area contributed by atoms with Crippen LogP contribution < -0.4 is 0 Å². The van der Waals surface area contributed by atoms with Crippen molar-refractivity contribution in [2.75, 3.05) is 27.7 Å². The lowest BCUT2D eigenvalue weighted by Gasteiger charge is -2.13. The van der Waals surface area contributed by atoms with Crippen molar-refractivity contribution in [1.82, 2.24) is 18.8 Å². The minimum absolute atomic E-state index is 0.0698. The fourth-order valence-electron chi connectivity index (χ4n) is 2.41. The van der Waals surface area contributed by atoms with Gasteiger partial charge in [0.25, 0.3) is 0 Å². The van der Waals surface area contributed by atoms with Crippen molar-refractivity contribution in [2.45, 2.75) is 24.7 Å². The Morgan fingerprint density at radius 2 is 1.92 bits per heavy atom. The van der Waals surface area contributed by atoms with Gasteiger partial charge in [-0.05, 0) is 25.1 Å². The summed E-state index contributed by atoms with van der Waals surface area (Å²) < 4.78 is 27.5. The average Bonchev–Trinajstić information content (AvgIpc) is 2.87. The highest BCUT2D eigenvalue weighted by molar-refractivity contribution is 7.89. The first kappa shape index (κ1) is 18.4. The second-order valence-electron chi connectivity index (χ2n) is 5.93. The summed E-state index contributed by atoms with van der Waals surface area (Å²) in [7, 11) is 3.16. The van der Waals surface area contributed by atoms with Crippen LogP contribution in [0.1, 0.15) is 19.2 Å². The maximum atomic E-state index is 12.2. The Morgan fingerprint density at radius 1 is 1.25 bits per heavy atom. The lowest BCUT2D eigenvalue weighted by atomic mass is 10.2. The molecule has 1 aromatic heterocycles. The van der Waals surface area contributed by atoms with Crippen LogP contribution in [0.4, 0.5) is 0 Å².